The van der Waals surface area contributed by atoms with Crippen LogP contribution in [0.5, 0.6) is 0 Å². The fraction of sp³-hybridized carbons (Fsp3) is 0.364. The van der Waals surface area contributed by atoms with Gasteiger partial charge in [-0.1, -0.05) is 18.2 Å². The molecule has 2 N–H and O–H groups in total. The van der Waals surface area contributed by atoms with Crippen LogP contribution >= 0.6 is 0 Å². The van der Waals surface area contributed by atoms with Gasteiger partial charge in [-0.3, -0.25) is 19.1 Å². The quantitative estimate of drug-likeness (QED) is 0.696. The van der Waals surface area contributed by atoms with Crippen LogP contribution < -0.4 is 11.3 Å². The Labute approximate surface area is 179 Å². The average Bonchev–Trinajstić information content (AvgIpc) is 3.34. The van der Waals surface area contributed by atoms with Gasteiger partial charge in [0.2, 0.25) is 0 Å². The summed E-state index contributed by atoms with van der Waals surface area (Å²) in [6, 6.07) is 10.0. The Bertz CT molecular complexity index is 1210. The maximum Gasteiger partial charge on any atom is 0.410 e. The number of benzene rings is 1. The van der Waals surface area contributed by atoms with Crippen LogP contribution in [0.15, 0.2) is 47.4 Å². The van der Waals surface area contributed by atoms with Gasteiger partial charge in [-0.25, -0.2) is 9.31 Å². The van der Waals surface area contributed by atoms with Crippen LogP contribution in [0.4, 0.5) is 4.79 Å². The molecule has 1 aliphatic rings. The van der Waals surface area contributed by atoms with Gasteiger partial charge in [-0.05, 0) is 51.8 Å². The number of primary amides is 1. The third-order valence-electron chi connectivity index (χ3n) is 5.17. The zero-order chi connectivity index (χ0) is 22.3. The normalized spacial score (nSPS) is 16.6. The fourth-order valence-corrected chi connectivity index (χ4v) is 3.90. The summed E-state index contributed by atoms with van der Waals surface area (Å²) in [5.74, 6) is -0.302. The van der Waals surface area contributed by atoms with E-state index in [1.54, 1.807) is 17.0 Å². The number of fused-ring (bicyclic) bond motifs is 1. The molecule has 9 nitrogen and oxygen atoms in total. The molecule has 4 rings (SSSR count). The van der Waals surface area contributed by atoms with Crippen molar-refractivity contribution >= 4 is 17.5 Å². The Morgan fingerprint density at radius 1 is 1.16 bits per heavy atom. The molecule has 0 aliphatic carbocycles. The molecule has 1 aromatic carbocycles. The van der Waals surface area contributed by atoms with Gasteiger partial charge in [0.25, 0.3) is 11.5 Å². The van der Waals surface area contributed by atoms with E-state index in [1.807, 2.05) is 39.0 Å². The van der Waals surface area contributed by atoms with E-state index in [1.165, 1.54) is 21.3 Å². The highest BCUT2D eigenvalue weighted by atomic mass is 16.6. The van der Waals surface area contributed by atoms with Gasteiger partial charge < -0.3 is 10.5 Å². The minimum absolute atomic E-state index is 0.0990. The second kappa shape index (κ2) is 7.57. The Hall–Kier alpha value is -3.62. The highest BCUT2D eigenvalue weighted by Gasteiger charge is 2.37. The van der Waals surface area contributed by atoms with Crippen LogP contribution in [0.25, 0.3) is 11.2 Å². The molecular formula is C22H25N5O4. The first kappa shape index (κ1) is 20.6. The van der Waals surface area contributed by atoms with Crippen molar-refractivity contribution in [1.82, 2.24) is 19.1 Å². The molecule has 0 saturated carbocycles. The van der Waals surface area contributed by atoms with Crippen molar-refractivity contribution in [3.8, 4) is 5.69 Å². The Morgan fingerprint density at radius 3 is 2.52 bits per heavy atom. The molecular weight excluding hydrogens is 398 g/mol. The van der Waals surface area contributed by atoms with Crippen molar-refractivity contribution in [2.24, 2.45) is 5.73 Å². The van der Waals surface area contributed by atoms with Crippen LogP contribution in [0.3, 0.4) is 0 Å². The van der Waals surface area contributed by atoms with E-state index < -0.39 is 29.2 Å². The number of rotatable bonds is 3. The van der Waals surface area contributed by atoms with E-state index in [-0.39, 0.29) is 11.1 Å². The summed E-state index contributed by atoms with van der Waals surface area (Å²) in [5.41, 5.74) is 5.19. The van der Waals surface area contributed by atoms with Crippen molar-refractivity contribution in [2.75, 3.05) is 6.54 Å². The summed E-state index contributed by atoms with van der Waals surface area (Å²) in [4.78, 5) is 39.9. The van der Waals surface area contributed by atoms with Gasteiger partial charge in [0.05, 0.1) is 17.3 Å². The number of nitrogens with two attached hydrogens (primary N) is 1. The van der Waals surface area contributed by atoms with E-state index in [0.717, 1.165) is 6.42 Å². The molecule has 162 valence electrons. The highest BCUT2D eigenvalue weighted by Crippen LogP contribution is 2.33. The standard InChI is InChI=1S/C22H25N5O4/c1-22(2,3)31-21(30)25-12-7-10-16(25)19-24-26-13-11-15(18(23)28)17(26)20(29)27(19)14-8-5-4-6-9-14/h4-6,8-9,11,13,16H,7,10,12H2,1-3H3,(H2,23,28)/t16-/m0/s1. The summed E-state index contributed by atoms with van der Waals surface area (Å²) >= 11 is 0. The first-order valence-electron chi connectivity index (χ1n) is 10.2. The molecule has 1 saturated heterocycles. The molecule has 2 amide bonds. The number of hydrogen-bond acceptors (Lipinski definition) is 5. The summed E-state index contributed by atoms with van der Waals surface area (Å²) in [6.45, 7) is 5.93. The zero-order valence-corrected chi connectivity index (χ0v) is 17.7. The first-order valence-corrected chi connectivity index (χ1v) is 10.2. The van der Waals surface area contributed by atoms with Gasteiger partial charge in [0, 0.05) is 12.7 Å². The van der Waals surface area contributed by atoms with E-state index in [9.17, 15) is 14.4 Å². The molecule has 1 fully saturated rings. The number of hydrogen-bond donors (Lipinski definition) is 1. The maximum atomic E-state index is 13.6. The van der Waals surface area contributed by atoms with Crippen LogP contribution in [0, 0.1) is 0 Å². The summed E-state index contributed by atoms with van der Waals surface area (Å²) in [6.07, 6.45) is 2.47. The smallest absolute Gasteiger partial charge is 0.410 e. The molecule has 3 aromatic rings. The SMILES string of the molecule is CC(C)(C)OC(=O)N1CCC[C@H]1c1nn2ccc(C(N)=O)c2c(=O)n1-c1ccccc1. The number of aromatic nitrogens is 3. The van der Waals surface area contributed by atoms with Crippen molar-refractivity contribution < 1.29 is 14.3 Å². The van der Waals surface area contributed by atoms with Crippen molar-refractivity contribution in [1.29, 1.82) is 0 Å². The molecule has 0 bridgehead atoms. The lowest BCUT2D eigenvalue weighted by atomic mass is 10.2. The third-order valence-corrected chi connectivity index (χ3v) is 5.17. The highest BCUT2D eigenvalue weighted by molar-refractivity contribution is 5.99. The van der Waals surface area contributed by atoms with E-state index in [2.05, 4.69) is 5.10 Å². The summed E-state index contributed by atoms with van der Waals surface area (Å²) in [5, 5.41) is 4.65. The summed E-state index contributed by atoms with van der Waals surface area (Å²) < 4.78 is 8.39. The molecule has 9 heteroatoms. The predicted octanol–water partition coefficient (Wildman–Crippen LogP) is 2.66. The van der Waals surface area contributed by atoms with Crippen LogP contribution in [0.2, 0.25) is 0 Å². The first-order chi connectivity index (χ1) is 14.7. The number of ether oxygens (including phenoxy) is 1. The van der Waals surface area contributed by atoms with E-state index in [4.69, 9.17) is 10.5 Å². The number of nitrogens with zero attached hydrogens (tertiary/aromatic N) is 4. The molecule has 1 aliphatic heterocycles. The van der Waals surface area contributed by atoms with Crippen molar-refractivity contribution in [2.45, 2.75) is 45.3 Å². The minimum atomic E-state index is -0.704. The van der Waals surface area contributed by atoms with E-state index >= 15 is 0 Å². The largest absolute Gasteiger partial charge is 0.444 e. The topological polar surface area (TPSA) is 112 Å². The zero-order valence-electron chi connectivity index (χ0n) is 17.7. The molecule has 0 spiro atoms. The fourth-order valence-electron chi connectivity index (χ4n) is 3.90. The van der Waals surface area contributed by atoms with Crippen LogP contribution in [0.1, 0.15) is 55.8 Å². The van der Waals surface area contributed by atoms with Gasteiger partial charge in [0.1, 0.15) is 11.1 Å². The van der Waals surface area contributed by atoms with Gasteiger partial charge in [-0.2, -0.15) is 5.10 Å². The third kappa shape index (κ3) is 3.78. The Kier molecular flexibility index (Phi) is 5.04. The van der Waals surface area contributed by atoms with Gasteiger partial charge in [0.15, 0.2) is 5.82 Å². The second-order valence-corrected chi connectivity index (χ2v) is 8.55. The van der Waals surface area contributed by atoms with Gasteiger partial charge in [-0.15, -0.1) is 0 Å². The van der Waals surface area contributed by atoms with Crippen LogP contribution in [-0.4, -0.2) is 43.2 Å². The van der Waals surface area contributed by atoms with E-state index in [0.29, 0.717) is 24.5 Å². The molecule has 31 heavy (non-hydrogen) atoms. The maximum absolute atomic E-state index is 13.6. The number of para-hydroxylation sites is 1. The number of carbonyl (C=O) groups excluding carboxylic acids is 2. The van der Waals surface area contributed by atoms with Crippen LogP contribution in [-0.2, 0) is 4.74 Å². The number of likely N-dealkylation sites (tertiary alicyclic amines) is 1. The predicted molar refractivity (Wildman–Crippen MR) is 114 cm³/mol. The molecule has 1 atom stereocenters. The minimum Gasteiger partial charge on any atom is -0.444 e. The van der Waals surface area contributed by atoms with Gasteiger partial charge >= 0.3 is 6.09 Å². The summed E-state index contributed by atoms with van der Waals surface area (Å²) in [7, 11) is 0. The van der Waals surface area contributed by atoms with Crippen molar-refractivity contribution in [3.63, 3.8) is 0 Å². The second-order valence-electron chi connectivity index (χ2n) is 8.55. The van der Waals surface area contributed by atoms with Crippen molar-refractivity contribution in [3.05, 3.63) is 64.3 Å². The lowest BCUT2D eigenvalue weighted by molar-refractivity contribution is 0.0215. The monoisotopic (exact) mass is 423 g/mol. The number of amides is 2. The lowest BCUT2D eigenvalue weighted by Crippen LogP contribution is -2.39. The Balaban J connectivity index is 1.92. The Morgan fingerprint density at radius 2 is 1.87 bits per heavy atom. The molecule has 3 heterocycles. The number of carbonyl (C=O) groups is 2. The molecule has 0 unspecified atom stereocenters. The molecule has 0 radical (unpaired) electrons. The molecule has 2 aromatic heterocycles. The average molecular weight is 423 g/mol. The lowest BCUT2D eigenvalue weighted by Gasteiger charge is -2.29.